The third-order valence-electron chi connectivity index (χ3n) is 2.90. The number of rotatable bonds is 6. The van der Waals surface area contributed by atoms with Crippen LogP contribution in [0, 0.1) is 0 Å². The van der Waals surface area contributed by atoms with Crippen LogP contribution < -0.4 is 15.1 Å². The van der Waals surface area contributed by atoms with E-state index in [1.807, 2.05) is 42.5 Å². The van der Waals surface area contributed by atoms with Crippen molar-refractivity contribution in [3.8, 4) is 5.75 Å². The number of para-hydroxylation sites is 2. The van der Waals surface area contributed by atoms with Crippen LogP contribution in [0.15, 0.2) is 54.6 Å². The Kier molecular flexibility index (Phi) is 5.76. The first-order valence-corrected chi connectivity index (χ1v) is 6.74. The lowest BCUT2D eigenvalue weighted by atomic mass is 10.2. The highest BCUT2D eigenvalue weighted by Crippen LogP contribution is 2.23. The minimum Gasteiger partial charge on any atom is -0.489 e. The van der Waals surface area contributed by atoms with Gasteiger partial charge >= 0.3 is 6.03 Å². The van der Waals surface area contributed by atoms with E-state index in [1.54, 1.807) is 12.1 Å². The number of carbonyl (C=O) groups is 1. The largest absolute Gasteiger partial charge is 0.489 e. The summed E-state index contributed by atoms with van der Waals surface area (Å²) < 4.78 is 5.72. The first-order valence-electron chi connectivity index (χ1n) is 6.74. The standard InChI is InChI=1S/C16H18N2O4/c1-17-16(19)18(22-20-2)15-11-7-6-8-13(15)12-21-14-9-4-3-5-10-14/h3-11H,12H2,1-2H3,(H,17,19). The van der Waals surface area contributed by atoms with Gasteiger partial charge in [-0.1, -0.05) is 36.4 Å². The number of hydrogen-bond acceptors (Lipinski definition) is 4. The summed E-state index contributed by atoms with van der Waals surface area (Å²) in [6.45, 7) is 0.292. The molecule has 2 rings (SSSR count). The Hall–Kier alpha value is -2.57. The second-order valence-electron chi connectivity index (χ2n) is 4.32. The molecule has 2 amide bonds. The Morgan fingerprint density at radius 1 is 1.09 bits per heavy atom. The van der Waals surface area contributed by atoms with Crippen molar-refractivity contribution >= 4 is 11.7 Å². The number of anilines is 1. The Balaban J connectivity index is 2.19. The van der Waals surface area contributed by atoms with E-state index >= 15 is 0 Å². The summed E-state index contributed by atoms with van der Waals surface area (Å²) in [5.41, 5.74) is 1.33. The maximum atomic E-state index is 11.9. The lowest BCUT2D eigenvalue weighted by Gasteiger charge is -2.21. The number of ether oxygens (including phenoxy) is 1. The maximum Gasteiger partial charge on any atom is 0.348 e. The second-order valence-corrected chi connectivity index (χ2v) is 4.32. The van der Waals surface area contributed by atoms with Crippen molar-refractivity contribution in [3.63, 3.8) is 0 Å². The first-order chi connectivity index (χ1) is 10.8. The minimum atomic E-state index is -0.450. The lowest BCUT2D eigenvalue weighted by molar-refractivity contribution is -0.273. The normalized spacial score (nSPS) is 10.1. The molecule has 0 heterocycles. The molecule has 2 aromatic carbocycles. The molecule has 1 N–H and O–H groups in total. The van der Waals surface area contributed by atoms with Gasteiger partial charge in [0.1, 0.15) is 12.4 Å². The monoisotopic (exact) mass is 302 g/mol. The highest BCUT2D eigenvalue weighted by atomic mass is 17.3. The van der Waals surface area contributed by atoms with Gasteiger partial charge in [-0.25, -0.2) is 9.68 Å². The van der Waals surface area contributed by atoms with Gasteiger partial charge in [0.2, 0.25) is 0 Å². The summed E-state index contributed by atoms with van der Waals surface area (Å²) in [5, 5.41) is 3.52. The van der Waals surface area contributed by atoms with Gasteiger partial charge in [-0.2, -0.15) is 0 Å². The predicted molar refractivity (Wildman–Crippen MR) is 82.2 cm³/mol. The van der Waals surface area contributed by atoms with E-state index in [-0.39, 0.29) is 0 Å². The smallest absolute Gasteiger partial charge is 0.348 e. The van der Waals surface area contributed by atoms with Gasteiger partial charge in [0.25, 0.3) is 0 Å². The maximum absolute atomic E-state index is 11.9. The van der Waals surface area contributed by atoms with Crippen molar-refractivity contribution in [3.05, 3.63) is 60.2 Å². The number of urea groups is 1. The third-order valence-corrected chi connectivity index (χ3v) is 2.90. The summed E-state index contributed by atoms with van der Waals surface area (Å²) >= 11 is 0. The molecule has 0 aliphatic rings. The van der Waals surface area contributed by atoms with Crippen molar-refractivity contribution in [1.82, 2.24) is 5.32 Å². The minimum absolute atomic E-state index is 0.292. The summed E-state index contributed by atoms with van der Waals surface area (Å²) in [7, 11) is 2.84. The van der Waals surface area contributed by atoms with Crippen LogP contribution in [-0.2, 0) is 16.5 Å². The molecule has 0 aromatic heterocycles. The fourth-order valence-electron chi connectivity index (χ4n) is 1.87. The molecule has 6 nitrogen and oxygen atoms in total. The van der Waals surface area contributed by atoms with Crippen molar-refractivity contribution < 1.29 is 19.4 Å². The van der Waals surface area contributed by atoms with Crippen LogP contribution in [0.4, 0.5) is 10.5 Å². The van der Waals surface area contributed by atoms with E-state index < -0.39 is 6.03 Å². The van der Waals surface area contributed by atoms with E-state index in [4.69, 9.17) is 9.73 Å². The molecule has 0 atom stereocenters. The Bertz CT molecular complexity index is 604. The van der Waals surface area contributed by atoms with Crippen LogP contribution in [0.2, 0.25) is 0 Å². The average Bonchev–Trinajstić information content (AvgIpc) is 2.58. The highest BCUT2D eigenvalue weighted by Gasteiger charge is 2.19. The summed E-state index contributed by atoms with van der Waals surface area (Å²) in [5.74, 6) is 0.747. The van der Waals surface area contributed by atoms with Crippen LogP contribution in [0.25, 0.3) is 0 Å². The Morgan fingerprint density at radius 2 is 1.77 bits per heavy atom. The van der Waals surface area contributed by atoms with E-state index in [9.17, 15) is 4.79 Å². The van der Waals surface area contributed by atoms with Crippen LogP contribution in [0.1, 0.15) is 5.56 Å². The second kappa shape index (κ2) is 8.02. The number of hydroxylamine groups is 1. The molecule has 0 saturated carbocycles. The number of nitrogens with zero attached hydrogens (tertiary/aromatic N) is 1. The molecule has 0 saturated heterocycles. The SMILES string of the molecule is CNC(=O)N(OOC)c1ccccc1COc1ccccc1. The molecule has 0 unspecified atom stereocenters. The van der Waals surface area contributed by atoms with Crippen molar-refractivity contribution in [2.75, 3.05) is 19.2 Å². The summed E-state index contributed by atoms with van der Waals surface area (Å²) in [4.78, 5) is 21.5. The number of nitrogens with one attached hydrogen (secondary N) is 1. The topological polar surface area (TPSA) is 60.0 Å². The predicted octanol–water partition coefficient (Wildman–Crippen LogP) is 2.90. The number of benzene rings is 2. The fraction of sp³-hybridized carbons (Fsp3) is 0.188. The van der Waals surface area contributed by atoms with Gasteiger partial charge in [-0.3, -0.25) is 0 Å². The summed E-state index contributed by atoms with van der Waals surface area (Å²) in [6.07, 6.45) is 0. The zero-order valence-corrected chi connectivity index (χ0v) is 12.5. The van der Waals surface area contributed by atoms with Crippen molar-refractivity contribution in [2.45, 2.75) is 6.61 Å². The van der Waals surface area contributed by atoms with Crippen molar-refractivity contribution in [1.29, 1.82) is 0 Å². The molecule has 6 heteroatoms. The quantitative estimate of drug-likeness (QED) is 0.658. The molecule has 0 spiro atoms. The molecule has 2 aromatic rings. The molecule has 0 fully saturated rings. The van der Waals surface area contributed by atoms with Gasteiger partial charge in [0.05, 0.1) is 12.8 Å². The summed E-state index contributed by atoms with van der Waals surface area (Å²) in [6, 6.07) is 16.3. The molecule has 116 valence electrons. The van der Waals surface area contributed by atoms with E-state index in [2.05, 4.69) is 10.2 Å². The number of hydrogen-bond donors (Lipinski definition) is 1. The van der Waals surface area contributed by atoms with Gasteiger partial charge in [-0.05, 0) is 18.2 Å². The Morgan fingerprint density at radius 3 is 2.45 bits per heavy atom. The van der Waals surface area contributed by atoms with Crippen LogP contribution >= 0.6 is 0 Å². The fourth-order valence-corrected chi connectivity index (χ4v) is 1.87. The van der Waals surface area contributed by atoms with Gasteiger partial charge in [0, 0.05) is 12.6 Å². The molecule has 22 heavy (non-hydrogen) atoms. The van der Waals surface area contributed by atoms with Crippen LogP contribution in [-0.4, -0.2) is 20.2 Å². The van der Waals surface area contributed by atoms with E-state index in [0.717, 1.165) is 16.4 Å². The van der Waals surface area contributed by atoms with E-state index in [1.165, 1.54) is 14.2 Å². The Labute approximate surface area is 129 Å². The van der Waals surface area contributed by atoms with Crippen LogP contribution in [0.3, 0.4) is 0 Å². The number of carbonyl (C=O) groups excluding carboxylic acids is 1. The lowest BCUT2D eigenvalue weighted by Crippen LogP contribution is -2.38. The highest BCUT2D eigenvalue weighted by molar-refractivity contribution is 5.90. The van der Waals surface area contributed by atoms with Crippen LogP contribution in [0.5, 0.6) is 5.75 Å². The molecule has 0 radical (unpaired) electrons. The molecular weight excluding hydrogens is 284 g/mol. The molecule has 0 aliphatic heterocycles. The zero-order chi connectivity index (χ0) is 15.8. The third kappa shape index (κ3) is 3.97. The van der Waals surface area contributed by atoms with Gasteiger partial charge < -0.3 is 10.1 Å². The van der Waals surface area contributed by atoms with Gasteiger partial charge in [0.15, 0.2) is 0 Å². The van der Waals surface area contributed by atoms with E-state index in [0.29, 0.717) is 12.3 Å². The molecule has 0 bridgehead atoms. The first kappa shape index (κ1) is 15.8. The number of amides is 2. The van der Waals surface area contributed by atoms with Crippen molar-refractivity contribution in [2.24, 2.45) is 0 Å². The zero-order valence-electron chi connectivity index (χ0n) is 12.5. The molecule has 0 aliphatic carbocycles. The molecular formula is C16H18N2O4. The van der Waals surface area contributed by atoms with Gasteiger partial charge in [-0.15, -0.1) is 10.1 Å². The average molecular weight is 302 g/mol.